The second kappa shape index (κ2) is 11.2. The molecule has 0 radical (unpaired) electrons. The summed E-state index contributed by atoms with van der Waals surface area (Å²) < 4.78 is 76.5. The minimum atomic E-state index is -4.44. The summed E-state index contributed by atoms with van der Waals surface area (Å²) in [7, 11) is -4.07. The first-order valence-electron chi connectivity index (χ1n) is 12.3. The maximum absolute atomic E-state index is 13.8. The van der Waals surface area contributed by atoms with Gasteiger partial charge in [0.05, 0.1) is 30.0 Å². The molecule has 2 aromatic carbocycles. The van der Waals surface area contributed by atoms with E-state index in [-0.39, 0.29) is 43.1 Å². The second-order valence-corrected chi connectivity index (χ2v) is 11.1. The van der Waals surface area contributed by atoms with E-state index in [9.17, 15) is 26.4 Å². The molecular weight excluding hydrogens is 519 g/mol. The average Bonchev–Trinajstić information content (AvgIpc) is 3.36. The second-order valence-electron chi connectivity index (χ2n) is 9.23. The molecule has 38 heavy (non-hydrogen) atoms. The predicted octanol–water partition coefficient (Wildman–Crippen LogP) is 5.42. The fraction of sp³-hybridized carbons (Fsp3) is 0.370. The van der Waals surface area contributed by atoms with E-state index in [4.69, 9.17) is 4.74 Å². The van der Waals surface area contributed by atoms with E-state index >= 15 is 0 Å². The van der Waals surface area contributed by atoms with E-state index in [1.807, 2.05) is 6.92 Å². The van der Waals surface area contributed by atoms with Gasteiger partial charge in [-0.25, -0.2) is 13.2 Å². The Morgan fingerprint density at radius 1 is 1.08 bits per heavy atom. The van der Waals surface area contributed by atoms with Crippen molar-refractivity contribution in [3.8, 4) is 0 Å². The van der Waals surface area contributed by atoms with Crippen LogP contribution in [0.25, 0.3) is 0 Å². The molecule has 0 aliphatic carbocycles. The third kappa shape index (κ3) is 5.88. The van der Waals surface area contributed by atoms with Crippen LogP contribution < -0.4 is 5.43 Å². The van der Waals surface area contributed by atoms with Gasteiger partial charge in [0.2, 0.25) is 10.0 Å². The number of nitrogens with one attached hydrogen (secondary N) is 1. The smallest absolute Gasteiger partial charge is 0.391 e. The van der Waals surface area contributed by atoms with Crippen LogP contribution in [-0.4, -0.2) is 42.7 Å². The molecule has 1 aliphatic heterocycles. The van der Waals surface area contributed by atoms with Gasteiger partial charge in [-0.2, -0.15) is 17.5 Å². The third-order valence-electron chi connectivity index (χ3n) is 6.73. The predicted molar refractivity (Wildman–Crippen MR) is 136 cm³/mol. The topological polar surface area (TPSA) is 80.6 Å². The maximum Gasteiger partial charge on any atom is 0.391 e. The molecule has 0 saturated carbocycles. The summed E-state index contributed by atoms with van der Waals surface area (Å²) in [6, 6.07) is 15.4. The Labute approximate surface area is 220 Å². The summed E-state index contributed by atoms with van der Waals surface area (Å²) in [5, 5.41) is 0. The van der Waals surface area contributed by atoms with Crippen LogP contribution in [0.4, 0.5) is 13.2 Å². The number of benzene rings is 2. The van der Waals surface area contributed by atoms with Gasteiger partial charge in [-0.15, -0.1) is 0 Å². The zero-order chi connectivity index (χ0) is 27.5. The maximum atomic E-state index is 13.8. The fourth-order valence-electron chi connectivity index (χ4n) is 4.74. The molecule has 2 atom stereocenters. The van der Waals surface area contributed by atoms with Gasteiger partial charge in [0, 0.05) is 12.7 Å². The first-order valence-corrected chi connectivity index (χ1v) is 13.8. The monoisotopic (exact) mass is 549 g/mol. The molecule has 4 rings (SSSR count). The highest BCUT2D eigenvalue weighted by molar-refractivity contribution is 7.89. The van der Waals surface area contributed by atoms with Gasteiger partial charge in [-0.05, 0) is 62.1 Å². The summed E-state index contributed by atoms with van der Waals surface area (Å²) in [4.78, 5) is 12.3. The summed E-state index contributed by atoms with van der Waals surface area (Å²) in [6.45, 7) is 3.62. The normalized spacial score (nSPS) is 18.8. The van der Waals surface area contributed by atoms with Crippen molar-refractivity contribution in [2.24, 2.45) is 5.92 Å². The first kappa shape index (κ1) is 27.7. The van der Waals surface area contributed by atoms with Gasteiger partial charge >= 0.3 is 12.1 Å². The number of ether oxygens (including phenoxy) is 1. The van der Waals surface area contributed by atoms with Crippen molar-refractivity contribution >= 4 is 16.0 Å². The molecule has 0 amide bonds. The van der Waals surface area contributed by atoms with Gasteiger partial charge in [-0.3, -0.25) is 4.68 Å². The van der Waals surface area contributed by atoms with Crippen molar-refractivity contribution in [3.63, 3.8) is 0 Å². The van der Waals surface area contributed by atoms with Gasteiger partial charge in [0.1, 0.15) is 5.69 Å². The lowest BCUT2D eigenvalue weighted by molar-refractivity contribution is -0.187. The quantitative estimate of drug-likeness (QED) is 0.380. The molecule has 0 spiro atoms. The zero-order valence-electron chi connectivity index (χ0n) is 21.1. The standard InChI is InChI=1S/C27H30F3N3O4S/c1-3-37-26(34)24-9-6-15-32(24)31-18-20-7-4-5-8-23(20)25-17-21(27(28,29)30)14-16-33(25)38(35,36)22-12-10-19(2)11-13-22/h4-13,15,21,25,31H,3,14,16-18H2,1-2H3. The number of alkyl halides is 3. The Morgan fingerprint density at radius 2 is 1.79 bits per heavy atom. The molecule has 11 heteroatoms. The van der Waals surface area contributed by atoms with Crippen molar-refractivity contribution < 1.29 is 31.1 Å². The molecule has 3 aromatic rings. The van der Waals surface area contributed by atoms with Crippen LogP contribution in [0.5, 0.6) is 0 Å². The van der Waals surface area contributed by atoms with Crippen LogP contribution in [0, 0.1) is 12.8 Å². The Balaban J connectivity index is 1.68. The van der Waals surface area contributed by atoms with Crippen LogP contribution in [-0.2, 0) is 21.3 Å². The number of halogens is 3. The van der Waals surface area contributed by atoms with E-state index in [0.717, 1.165) is 5.56 Å². The van der Waals surface area contributed by atoms with Crippen LogP contribution in [0.2, 0.25) is 0 Å². The molecule has 1 aromatic heterocycles. The van der Waals surface area contributed by atoms with E-state index < -0.39 is 34.1 Å². The summed E-state index contributed by atoms with van der Waals surface area (Å²) in [5.74, 6) is -2.15. The Hall–Kier alpha value is -3.31. The number of nitrogens with zero attached hydrogens (tertiary/aromatic N) is 2. The van der Waals surface area contributed by atoms with Crippen LogP contribution in [0.1, 0.15) is 53.0 Å². The van der Waals surface area contributed by atoms with E-state index in [1.165, 1.54) is 21.1 Å². The molecule has 1 aliphatic rings. The minimum absolute atomic E-state index is 0.0422. The summed E-state index contributed by atoms with van der Waals surface area (Å²) in [5.41, 5.74) is 5.33. The lowest BCUT2D eigenvalue weighted by atomic mass is 9.86. The number of rotatable bonds is 8. The van der Waals surface area contributed by atoms with Crippen molar-refractivity contribution in [3.05, 3.63) is 89.2 Å². The number of esters is 1. The van der Waals surface area contributed by atoms with Gasteiger partial charge in [0.25, 0.3) is 0 Å². The van der Waals surface area contributed by atoms with Gasteiger partial charge in [0.15, 0.2) is 0 Å². The van der Waals surface area contributed by atoms with Crippen LogP contribution >= 0.6 is 0 Å². The highest BCUT2D eigenvalue weighted by Crippen LogP contribution is 2.44. The minimum Gasteiger partial charge on any atom is -0.461 e. The number of hydrogen-bond donors (Lipinski definition) is 1. The Bertz CT molecular complexity index is 1370. The van der Waals surface area contributed by atoms with Crippen LogP contribution in [0.15, 0.2) is 71.8 Å². The molecule has 2 heterocycles. The Morgan fingerprint density at radius 3 is 2.47 bits per heavy atom. The van der Waals surface area contributed by atoms with Crippen LogP contribution in [0.3, 0.4) is 0 Å². The molecule has 1 fully saturated rings. The van der Waals surface area contributed by atoms with Crippen molar-refractivity contribution in [1.29, 1.82) is 0 Å². The lowest BCUT2D eigenvalue weighted by Gasteiger charge is -2.40. The lowest BCUT2D eigenvalue weighted by Crippen LogP contribution is -2.44. The van der Waals surface area contributed by atoms with E-state index in [0.29, 0.717) is 11.1 Å². The van der Waals surface area contributed by atoms with Gasteiger partial charge in [-0.1, -0.05) is 42.0 Å². The third-order valence-corrected chi connectivity index (χ3v) is 8.65. The van der Waals surface area contributed by atoms with Crippen molar-refractivity contribution in [2.75, 3.05) is 18.6 Å². The van der Waals surface area contributed by atoms with E-state index in [2.05, 4.69) is 5.43 Å². The average molecular weight is 550 g/mol. The number of aromatic nitrogens is 1. The highest BCUT2D eigenvalue weighted by atomic mass is 32.2. The molecular formula is C27H30F3N3O4S. The highest BCUT2D eigenvalue weighted by Gasteiger charge is 2.47. The van der Waals surface area contributed by atoms with Crippen molar-refractivity contribution in [1.82, 2.24) is 8.98 Å². The zero-order valence-corrected chi connectivity index (χ0v) is 21.9. The number of carbonyl (C=O) groups is 1. The summed E-state index contributed by atoms with van der Waals surface area (Å²) in [6.07, 6.45) is -3.50. The largest absolute Gasteiger partial charge is 0.461 e. The summed E-state index contributed by atoms with van der Waals surface area (Å²) >= 11 is 0. The fourth-order valence-corrected chi connectivity index (χ4v) is 6.37. The number of sulfonamides is 1. The molecule has 1 saturated heterocycles. The van der Waals surface area contributed by atoms with E-state index in [1.54, 1.807) is 61.7 Å². The molecule has 1 N–H and O–H groups in total. The van der Waals surface area contributed by atoms with Gasteiger partial charge < -0.3 is 10.2 Å². The number of aryl methyl sites for hydroxylation is 1. The Kier molecular flexibility index (Phi) is 8.17. The molecule has 2 unspecified atom stereocenters. The first-order chi connectivity index (χ1) is 18.0. The SMILES string of the molecule is CCOC(=O)c1cccn1NCc1ccccc1C1CC(C(F)(F)F)CCN1S(=O)(=O)c1ccc(C)cc1. The molecule has 204 valence electrons. The van der Waals surface area contributed by atoms with Crippen molar-refractivity contribution in [2.45, 2.75) is 50.3 Å². The molecule has 0 bridgehead atoms. The number of carbonyl (C=O) groups excluding carboxylic acids is 1. The molecule has 7 nitrogen and oxygen atoms in total. The number of hydrogen-bond acceptors (Lipinski definition) is 5. The number of piperidine rings is 1.